The summed E-state index contributed by atoms with van der Waals surface area (Å²) >= 11 is 0. The summed E-state index contributed by atoms with van der Waals surface area (Å²) in [5.74, 6) is 0.116. The highest BCUT2D eigenvalue weighted by Gasteiger charge is 2.25. The molecule has 0 aromatic heterocycles. The Balaban J connectivity index is 0.00000288. The first-order valence-corrected chi connectivity index (χ1v) is 8.57. The average molecular weight is 355 g/mol. The molecule has 24 heavy (non-hydrogen) atoms. The molecule has 1 saturated heterocycles. The Bertz CT molecular complexity index is 525. The van der Waals surface area contributed by atoms with E-state index in [1.165, 1.54) is 5.56 Å². The lowest BCUT2D eigenvalue weighted by Crippen LogP contribution is -2.43. The van der Waals surface area contributed by atoms with Gasteiger partial charge in [0.05, 0.1) is 6.10 Å². The number of carbonyl (C=O) groups excluding carboxylic acids is 1. The molecule has 1 aromatic carbocycles. The first kappa shape index (κ1) is 20.9. The van der Waals surface area contributed by atoms with Gasteiger partial charge in [-0.15, -0.1) is 12.4 Å². The molecule has 1 aliphatic rings. The van der Waals surface area contributed by atoms with Crippen molar-refractivity contribution in [2.45, 2.75) is 58.1 Å². The van der Waals surface area contributed by atoms with Crippen molar-refractivity contribution in [2.24, 2.45) is 5.92 Å². The molecule has 1 unspecified atom stereocenters. The second-order valence-electron chi connectivity index (χ2n) is 7.71. The van der Waals surface area contributed by atoms with Crippen LogP contribution in [0.15, 0.2) is 24.3 Å². The topological polar surface area (TPSA) is 61.4 Å². The molecule has 2 rings (SSSR count). The van der Waals surface area contributed by atoms with Gasteiger partial charge < -0.3 is 15.7 Å². The van der Waals surface area contributed by atoms with Crippen LogP contribution in [-0.4, -0.2) is 30.1 Å². The minimum absolute atomic E-state index is 0. The number of amides is 1. The molecule has 5 heteroatoms. The van der Waals surface area contributed by atoms with E-state index in [0.29, 0.717) is 6.04 Å². The van der Waals surface area contributed by atoms with E-state index in [4.69, 9.17) is 0 Å². The van der Waals surface area contributed by atoms with Crippen LogP contribution in [0.4, 0.5) is 0 Å². The zero-order valence-electron chi connectivity index (χ0n) is 15.1. The number of hydrogen-bond donors (Lipinski definition) is 3. The van der Waals surface area contributed by atoms with Crippen LogP contribution in [0, 0.1) is 5.92 Å². The number of halogens is 1. The Kier molecular flexibility index (Phi) is 7.71. The maximum absolute atomic E-state index is 12.2. The lowest BCUT2D eigenvalue weighted by Gasteiger charge is -2.27. The van der Waals surface area contributed by atoms with Crippen molar-refractivity contribution in [2.75, 3.05) is 13.1 Å². The molecule has 3 atom stereocenters. The summed E-state index contributed by atoms with van der Waals surface area (Å²) in [6, 6.07) is 8.38. The van der Waals surface area contributed by atoms with Crippen molar-refractivity contribution in [3.8, 4) is 0 Å². The van der Waals surface area contributed by atoms with Gasteiger partial charge >= 0.3 is 0 Å². The molecular formula is C19H31ClN2O2. The molecular weight excluding hydrogens is 324 g/mol. The average Bonchev–Trinajstić information content (AvgIpc) is 2.51. The number of nitrogens with one attached hydrogen (secondary N) is 2. The lowest BCUT2D eigenvalue weighted by molar-refractivity contribution is -0.126. The largest absolute Gasteiger partial charge is 0.387 e. The molecule has 1 fully saturated rings. The Morgan fingerprint density at radius 3 is 2.50 bits per heavy atom. The molecule has 4 nitrogen and oxygen atoms in total. The molecule has 0 bridgehead atoms. The third-order valence-electron chi connectivity index (χ3n) is 4.63. The summed E-state index contributed by atoms with van der Waals surface area (Å²) in [4.78, 5) is 12.2. The number of aliphatic hydroxyl groups excluding tert-OH is 1. The van der Waals surface area contributed by atoms with Gasteiger partial charge in [-0.1, -0.05) is 45.0 Å². The highest BCUT2D eigenvalue weighted by Crippen LogP contribution is 2.24. The van der Waals surface area contributed by atoms with Gasteiger partial charge in [-0.05, 0) is 42.9 Å². The van der Waals surface area contributed by atoms with Crippen LogP contribution in [-0.2, 0) is 10.2 Å². The number of carbonyl (C=O) groups is 1. The Hall–Kier alpha value is -1.10. The summed E-state index contributed by atoms with van der Waals surface area (Å²) < 4.78 is 0. The highest BCUT2D eigenvalue weighted by atomic mass is 35.5. The molecule has 0 saturated carbocycles. The van der Waals surface area contributed by atoms with Crippen molar-refractivity contribution >= 4 is 18.3 Å². The molecule has 1 aromatic rings. The van der Waals surface area contributed by atoms with E-state index < -0.39 is 6.10 Å². The molecule has 0 aliphatic carbocycles. The van der Waals surface area contributed by atoms with Crippen molar-refractivity contribution in [1.29, 1.82) is 0 Å². The van der Waals surface area contributed by atoms with Gasteiger partial charge in [0.2, 0.25) is 5.91 Å². The van der Waals surface area contributed by atoms with Gasteiger partial charge in [0.15, 0.2) is 0 Å². The number of piperidine rings is 1. The van der Waals surface area contributed by atoms with Gasteiger partial charge in [-0.25, -0.2) is 0 Å². The van der Waals surface area contributed by atoms with Crippen LogP contribution in [0.2, 0.25) is 0 Å². The van der Waals surface area contributed by atoms with Crippen LogP contribution in [0.1, 0.15) is 57.8 Å². The van der Waals surface area contributed by atoms with Gasteiger partial charge in [0, 0.05) is 18.5 Å². The minimum Gasteiger partial charge on any atom is -0.387 e. The molecule has 3 N–H and O–H groups in total. The van der Waals surface area contributed by atoms with Crippen LogP contribution in [0.5, 0.6) is 0 Å². The molecule has 1 amide bonds. The second kappa shape index (κ2) is 8.84. The van der Waals surface area contributed by atoms with E-state index in [9.17, 15) is 9.90 Å². The third-order valence-corrected chi connectivity index (χ3v) is 4.63. The zero-order chi connectivity index (χ0) is 17.0. The van der Waals surface area contributed by atoms with E-state index in [-0.39, 0.29) is 36.2 Å². The molecule has 136 valence electrons. The Labute approximate surface area is 151 Å². The van der Waals surface area contributed by atoms with Crippen molar-refractivity contribution in [3.63, 3.8) is 0 Å². The molecule has 1 heterocycles. The summed E-state index contributed by atoms with van der Waals surface area (Å²) in [6.07, 6.45) is 1.07. The summed E-state index contributed by atoms with van der Waals surface area (Å²) in [5, 5.41) is 16.5. The first-order valence-electron chi connectivity index (χ1n) is 8.57. The fourth-order valence-corrected chi connectivity index (χ4v) is 3.03. The predicted molar refractivity (Wildman–Crippen MR) is 101 cm³/mol. The van der Waals surface area contributed by atoms with Crippen molar-refractivity contribution < 1.29 is 9.90 Å². The van der Waals surface area contributed by atoms with Gasteiger partial charge in [-0.2, -0.15) is 0 Å². The fourth-order valence-electron chi connectivity index (χ4n) is 3.03. The van der Waals surface area contributed by atoms with E-state index >= 15 is 0 Å². The maximum atomic E-state index is 12.2. The summed E-state index contributed by atoms with van der Waals surface area (Å²) in [7, 11) is 0. The summed E-state index contributed by atoms with van der Waals surface area (Å²) in [6.45, 7) is 9.75. The standard InChI is InChI=1S/C19H30N2O2.ClH/c1-13-11-15(9-10-20-13)18(23)21-12-17(22)14-5-7-16(8-6-14)19(2,3)4;/h5-8,13,15,17,20,22H,9-12H2,1-4H3,(H,21,23);1H/t13-,15-,17?;/m0./s1. The van der Waals surface area contributed by atoms with E-state index in [1.54, 1.807) is 0 Å². The van der Waals surface area contributed by atoms with Crippen LogP contribution in [0.25, 0.3) is 0 Å². The minimum atomic E-state index is -0.660. The quantitative estimate of drug-likeness (QED) is 0.779. The zero-order valence-corrected chi connectivity index (χ0v) is 16.0. The predicted octanol–water partition coefficient (Wildman–Crippen LogP) is 2.94. The van der Waals surface area contributed by atoms with Gasteiger partial charge in [-0.3, -0.25) is 4.79 Å². The number of hydrogen-bond acceptors (Lipinski definition) is 3. The monoisotopic (exact) mass is 354 g/mol. The molecule has 1 aliphatic heterocycles. The molecule has 0 spiro atoms. The maximum Gasteiger partial charge on any atom is 0.223 e. The number of aliphatic hydroxyl groups is 1. The number of rotatable bonds is 4. The lowest BCUT2D eigenvalue weighted by atomic mass is 9.86. The Morgan fingerprint density at radius 2 is 1.96 bits per heavy atom. The van der Waals surface area contributed by atoms with Crippen LogP contribution >= 0.6 is 12.4 Å². The van der Waals surface area contributed by atoms with E-state index in [0.717, 1.165) is 24.9 Å². The summed E-state index contributed by atoms with van der Waals surface area (Å²) in [5.41, 5.74) is 2.18. The van der Waals surface area contributed by atoms with Crippen LogP contribution < -0.4 is 10.6 Å². The third kappa shape index (κ3) is 5.76. The normalized spacial score (nSPS) is 22.4. The fraction of sp³-hybridized carbons (Fsp3) is 0.632. The number of benzene rings is 1. The smallest absolute Gasteiger partial charge is 0.223 e. The molecule has 0 radical (unpaired) electrons. The first-order chi connectivity index (χ1) is 10.8. The van der Waals surface area contributed by atoms with Gasteiger partial charge in [0.1, 0.15) is 0 Å². The van der Waals surface area contributed by atoms with E-state index in [2.05, 4.69) is 50.5 Å². The van der Waals surface area contributed by atoms with Crippen molar-refractivity contribution in [1.82, 2.24) is 10.6 Å². The Morgan fingerprint density at radius 1 is 1.33 bits per heavy atom. The second-order valence-corrected chi connectivity index (χ2v) is 7.71. The SMILES string of the molecule is C[C@H]1C[C@@H](C(=O)NCC(O)c2ccc(C(C)(C)C)cc2)CCN1.Cl. The van der Waals surface area contributed by atoms with Gasteiger partial charge in [0.25, 0.3) is 0 Å². The van der Waals surface area contributed by atoms with Crippen LogP contribution in [0.3, 0.4) is 0 Å². The van der Waals surface area contributed by atoms with E-state index in [1.807, 2.05) is 12.1 Å². The van der Waals surface area contributed by atoms with Crippen molar-refractivity contribution in [3.05, 3.63) is 35.4 Å². The highest BCUT2D eigenvalue weighted by molar-refractivity contribution is 5.85.